The fourth-order valence-corrected chi connectivity index (χ4v) is 2.64. The van der Waals surface area contributed by atoms with E-state index in [1.165, 1.54) is 6.20 Å². The third-order valence-electron chi connectivity index (χ3n) is 3.46. The maximum Gasteiger partial charge on any atom is 0.451 e. The van der Waals surface area contributed by atoms with Crippen LogP contribution in [0.2, 0.25) is 0 Å². The molecule has 22 heavy (non-hydrogen) atoms. The zero-order valence-corrected chi connectivity index (χ0v) is 13.0. The van der Waals surface area contributed by atoms with Gasteiger partial charge in [-0.15, -0.1) is 0 Å². The van der Waals surface area contributed by atoms with E-state index in [-0.39, 0.29) is 0 Å². The SMILES string of the molecule is FC(F)(F)c1ncc2c(n1)CCN(Cc1ccc(Br)nc1)C2. The van der Waals surface area contributed by atoms with E-state index in [2.05, 4.69) is 35.8 Å². The Morgan fingerprint density at radius 1 is 1.18 bits per heavy atom. The average Bonchev–Trinajstić information content (AvgIpc) is 2.48. The lowest BCUT2D eigenvalue weighted by atomic mass is 10.1. The molecule has 0 radical (unpaired) electrons. The molecule has 0 amide bonds. The molecule has 0 aromatic carbocycles. The Balaban J connectivity index is 1.73. The Kier molecular flexibility index (Phi) is 4.14. The molecule has 0 saturated heterocycles. The van der Waals surface area contributed by atoms with Crippen molar-refractivity contribution in [3.8, 4) is 0 Å². The summed E-state index contributed by atoms with van der Waals surface area (Å²) < 4.78 is 38.6. The summed E-state index contributed by atoms with van der Waals surface area (Å²) in [4.78, 5) is 13.4. The lowest BCUT2D eigenvalue weighted by Gasteiger charge is -2.28. The van der Waals surface area contributed by atoms with E-state index < -0.39 is 12.0 Å². The average molecular weight is 373 g/mol. The van der Waals surface area contributed by atoms with E-state index >= 15 is 0 Å². The van der Waals surface area contributed by atoms with E-state index in [4.69, 9.17) is 0 Å². The quantitative estimate of drug-likeness (QED) is 0.759. The van der Waals surface area contributed by atoms with Gasteiger partial charge in [-0.2, -0.15) is 13.2 Å². The van der Waals surface area contributed by atoms with Crippen LogP contribution in [-0.2, 0) is 25.7 Å². The summed E-state index contributed by atoms with van der Waals surface area (Å²) in [5.74, 6) is -1.06. The number of hydrogen-bond donors (Lipinski definition) is 0. The van der Waals surface area contributed by atoms with Gasteiger partial charge in [0.2, 0.25) is 5.82 Å². The van der Waals surface area contributed by atoms with E-state index in [0.29, 0.717) is 31.7 Å². The molecule has 116 valence electrons. The van der Waals surface area contributed by atoms with Crippen molar-refractivity contribution in [2.45, 2.75) is 25.7 Å². The van der Waals surface area contributed by atoms with Crippen LogP contribution in [0.25, 0.3) is 0 Å². The zero-order chi connectivity index (χ0) is 15.7. The lowest BCUT2D eigenvalue weighted by Crippen LogP contribution is -2.31. The molecule has 8 heteroatoms. The molecule has 0 spiro atoms. The van der Waals surface area contributed by atoms with Gasteiger partial charge >= 0.3 is 6.18 Å². The van der Waals surface area contributed by atoms with Crippen LogP contribution >= 0.6 is 15.9 Å². The minimum absolute atomic E-state index is 0.491. The maximum absolute atomic E-state index is 12.6. The summed E-state index contributed by atoms with van der Waals surface area (Å²) in [5, 5.41) is 0. The molecule has 4 nitrogen and oxygen atoms in total. The molecule has 0 bridgehead atoms. The second kappa shape index (κ2) is 5.92. The van der Waals surface area contributed by atoms with E-state index in [1.807, 2.05) is 12.1 Å². The molecule has 0 unspecified atom stereocenters. The highest BCUT2D eigenvalue weighted by Crippen LogP contribution is 2.28. The van der Waals surface area contributed by atoms with Gasteiger partial charge < -0.3 is 0 Å². The van der Waals surface area contributed by atoms with Gasteiger partial charge in [0.15, 0.2) is 0 Å². The van der Waals surface area contributed by atoms with Gasteiger partial charge in [0.25, 0.3) is 0 Å². The Bertz CT molecular complexity index is 673. The molecule has 0 aliphatic carbocycles. The maximum atomic E-state index is 12.6. The molecule has 0 saturated carbocycles. The number of pyridine rings is 1. The van der Waals surface area contributed by atoms with E-state index in [0.717, 1.165) is 15.7 Å². The Hall–Kier alpha value is -1.54. The molecular formula is C14H12BrF3N4. The van der Waals surface area contributed by atoms with Crippen LogP contribution < -0.4 is 0 Å². The van der Waals surface area contributed by atoms with Crippen LogP contribution in [-0.4, -0.2) is 26.4 Å². The first kappa shape index (κ1) is 15.4. The Labute approximate surface area is 133 Å². The summed E-state index contributed by atoms with van der Waals surface area (Å²) in [6, 6.07) is 3.84. The molecule has 0 atom stereocenters. The highest BCUT2D eigenvalue weighted by atomic mass is 79.9. The molecule has 2 aromatic rings. The number of fused-ring (bicyclic) bond motifs is 1. The molecule has 3 rings (SSSR count). The van der Waals surface area contributed by atoms with Crippen LogP contribution in [0.3, 0.4) is 0 Å². The summed E-state index contributed by atoms with van der Waals surface area (Å²) in [6.45, 7) is 1.90. The minimum Gasteiger partial charge on any atom is -0.294 e. The second-order valence-corrected chi connectivity index (χ2v) is 5.93. The van der Waals surface area contributed by atoms with E-state index in [1.54, 1.807) is 6.20 Å². The van der Waals surface area contributed by atoms with Crippen molar-refractivity contribution >= 4 is 15.9 Å². The number of aromatic nitrogens is 3. The first-order valence-electron chi connectivity index (χ1n) is 6.66. The zero-order valence-electron chi connectivity index (χ0n) is 11.4. The molecule has 1 aliphatic rings. The van der Waals surface area contributed by atoms with Gasteiger partial charge in [0.05, 0.1) is 5.69 Å². The summed E-state index contributed by atoms with van der Waals surface area (Å²) in [6.07, 6.45) is -0.930. The second-order valence-electron chi connectivity index (χ2n) is 5.11. The standard InChI is InChI=1S/C14H12BrF3N4/c15-12-2-1-9(5-19-12)7-22-4-3-11-10(8-22)6-20-13(21-11)14(16,17)18/h1-2,5-6H,3-4,7-8H2. The number of alkyl halides is 3. The van der Waals surface area contributed by atoms with Crippen LogP contribution in [0.1, 0.15) is 22.6 Å². The summed E-state index contributed by atoms with van der Waals surface area (Å²) in [7, 11) is 0. The van der Waals surface area contributed by atoms with Crippen LogP contribution in [0.5, 0.6) is 0 Å². The molecule has 0 N–H and O–H groups in total. The number of rotatable bonds is 2. The Morgan fingerprint density at radius 3 is 2.68 bits per heavy atom. The number of halogens is 4. The van der Waals surface area contributed by atoms with Gasteiger partial charge in [-0.1, -0.05) is 6.07 Å². The number of hydrogen-bond acceptors (Lipinski definition) is 4. The first-order valence-corrected chi connectivity index (χ1v) is 7.46. The lowest BCUT2D eigenvalue weighted by molar-refractivity contribution is -0.145. The largest absolute Gasteiger partial charge is 0.451 e. The van der Waals surface area contributed by atoms with Gasteiger partial charge in [-0.25, -0.2) is 15.0 Å². The minimum atomic E-state index is -4.49. The molecule has 2 aromatic heterocycles. The first-order chi connectivity index (χ1) is 10.4. The normalized spacial score (nSPS) is 15.6. The van der Waals surface area contributed by atoms with Crippen molar-refractivity contribution in [2.24, 2.45) is 0 Å². The van der Waals surface area contributed by atoms with Crippen LogP contribution in [0.15, 0.2) is 29.1 Å². The molecule has 3 heterocycles. The number of nitrogens with zero attached hydrogens (tertiary/aromatic N) is 4. The third-order valence-corrected chi connectivity index (χ3v) is 3.93. The fraction of sp³-hybridized carbons (Fsp3) is 0.357. The van der Waals surface area contributed by atoms with Gasteiger partial charge in [0.1, 0.15) is 4.60 Å². The van der Waals surface area contributed by atoms with Crippen molar-refractivity contribution in [3.05, 3.63) is 51.8 Å². The highest BCUT2D eigenvalue weighted by Gasteiger charge is 2.35. The molecular weight excluding hydrogens is 361 g/mol. The van der Waals surface area contributed by atoms with Crippen molar-refractivity contribution < 1.29 is 13.2 Å². The van der Waals surface area contributed by atoms with Crippen molar-refractivity contribution in [2.75, 3.05) is 6.54 Å². The smallest absolute Gasteiger partial charge is 0.294 e. The van der Waals surface area contributed by atoms with Crippen LogP contribution in [0.4, 0.5) is 13.2 Å². The van der Waals surface area contributed by atoms with Crippen molar-refractivity contribution in [1.82, 2.24) is 19.9 Å². The van der Waals surface area contributed by atoms with Gasteiger partial charge in [0, 0.05) is 44.0 Å². The summed E-state index contributed by atoms with van der Waals surface area (Å²) in [5.41, 5.74) is 2.30. The van der Waals surface area contributed by atoms with Crippen molar-refractivity contribution in [3.63, 3.8) is 0 Å². The predicted octanol–water partition coefficient (Wildman–Crippen LogP) is 3.21. The Morgan fingerprint density at radius 2 is 2.00 bits per heavy atom. The topological polar surface area (TPSA) is 41.9 Å². The van der Waals surface area contributed by atoms with Gasteiger partial charge in [-0.3, -0.25) is 4.90 Å². The van der Waals surface area contributed by atoms with E-state index in [9.17, 15) is 13.2 Å². The fourth-order valence-electron chi connectivity index (χ4n) is 2.40. The molecule has 0 fully saturated rings. The predicted molar refractivity (Wildman–Crippen MR) is 76.8 cm³/mol. The highest BCUT2D eigenvalue weighted by molar-refractivity contribution is 9.10. The van der Waals surface area contributed by atoms with Crippen molar-refractivity contribution in [1.29, 1.82) is 0 Å². The van der Waals surface area contributed by atoms with Gasteiger partial charge in [-0.05, 0) is 27.6 Å². The van der Waals surface area contributed by atoms with Crippen LogP contribution in [0, 0.1) is 0 Å². The summed E-state index contributed by atoms with van der Waals surface area (Å²) >= 11 is 3.28. The molecule has 1 aliphatic heterocycles. The third kappa shape index (κ3) is 3.44. The monoisotopic (exact) mass is 372 g/mol.